The Morgan fingerprint density at radius 1 is 0.963 bits per heavy atom. The van der Waals surface area contributed by atoms with E-state index in [1.165, 1.54) is 0 Å². The Bertz CT molecular complexity index is 865. The second-order valence-electron chi connectivity index (χ2n) is 7.68. The molecule has 0 aliphatic carbocycles. The van der Waals surface area contributed by atoms with Crippen LogP contribution in [0.2, 0.25) is 0 Å². The maximum atomic E-state index is 12.3. The third kappa shape index (κ3) is 6.48. The van der Waals surface area contributed by atoms with Crippen molar-refractivity contribution in [3.05, 3.63) is 65.2 Å². The van der Waals surface area contributed by atoms with Crippen molar-refractivity contribution in [1.82, 2.24) is 10.0 Å². The van der Waals surface area contributed by atoms with Crippen LogP contribution in [-0.4, -0.2) is 20.9 Å². The first kappa shape index (κ1) is 21.1. The van der Waals surface area contributed by atoms with Crippen molar-refractivity contribution < 1.29 is 13.2 Å². The number of benzene rings is 2. The Hall–Kier alpha value is -2.18. The summed E-state index contributed by atoms with van der Waals surface area (Å²) in [6.45, 7) is 8.71. The van der Waals surface area contributed by atoms with Crippen LogP contribution in [0.3, 0.4) is 0 Å². The lowest BCUT2D eigenvalue weighted by molar-refractivity contribution is -0.121. The van der Waals surface area contributed by atoms with E-state index in [0.717, 1.165) is 16.7 Å². The van der Waals surface area contributed by atoms with Crippen molar-refractivity contribution in [3.8, 4) is 0 Å². The van der Waals surface area contributed by atoms with Crippen LogP contribution in [0.5, 0.6) is 0 Å². The maximum absolute atomic E-state index is 12.3. The van der Waals surface area contributed by atoms with E-state index < -0.39 is 10.0 Å². The molecule has 0 fully saturated rings. The minimum absolute atomic E-state index is 0.0364. The van der Waals surface area contributed by atoms with Gasteiger partial charge in [-0.25, -0.2) is 13.1 Å². The normalized spacial score (nSPS) is 12.0. The predicted molar refractivity (Wildman–Crippen MR) is 108 cm³/mol. The third-order valence-corrected chi connectivity index (χ3v) is 5.76. The van der Waals surface area contributed by atoms with Gasteiger partial charge in [-0.05, 0) is 35.6 Å². The first-order valence-corrected chi connectivity index (χ1v) is 10.5. The molecule has 2 rings (SSSR count). The lowest BCUT2D eigenvalue weighted by atomic mass is 9.87. The van der Waals surface area contributed by atoms with Crippen LogP contribution in [0.4, 0.5) is 0 Å². The smallest absolute Gasteiger partial charge is 0.240 e. The standard InChI is InChI=1S/C21H28N2O3S/c1-16-5-7-17(8-6-16)15-22-20(24)13-14-23-27(25,26)19-11-9-18(10-12-19)21(2,3)4/h5-12,23H,13-15H2,1-4H3,(H,22,24). The SMILES string of the molecule is Cc1ccc(CNC(=O)CCNS(=O)(=O)c2ccc(C(C)(C)C)cc2)cc1. The van der Waals surface area contributed by atoms with Crippen molar-refractivity contribution in [2.45, 2.75) is 51.0 Å². The van der Waals surface area contributed by atoms with Gasteiger partial charge in [0, 0.05) is 19.5 Å². The molecule has 0 atom stereocenters. The van der Waals surface area contributed by atoms with E-state index in [-0.39, 0.29) is 29.2 Å². The number of amides is 1. The third-order valence-electron chi connectivity index (χ3n) is 4.29. The second kappa shape index (κ2) is 8.67. The Kier molecular flexibility index (Phi) is 6.78. The van der Waals surface area contributed by atoms with E-state index in [0.29, 0.717) is 6.54 Å². The number of sulfonamides is 1. The molecule has 0 saturated carbocycles. The lowest BCUT2D eigenvalue weighted by Crippen LogP contribution is -2.30. The lowest BCUT2D eigenvalue weighted by Gasteiger charge is -2.19. The molecule has 2 aromatic carbocycles. The fraction of sp³-hybridized carbons (Fsp3) is 0.381. The largest absolute Gasteiger partial charge is 0.352 e. The van der Waals surface area contributed by atoms with Gasteiger partial charge in [-0.1, -0.05) is 62.7 Å². The maximum Gasteiger partial charge on any atom is 0.240 e. The first-order chi connectivity index (χ1) is 12.6. The molecule has 0 unspecified atom stereocenters. The number of hydrogen-bond acceptors (Lipinski definition) is 3. The molecule has 0 aromatic heterocycles. The zero-order valence-corrected chi connectivity index (χ0v) is 17.2. The molecular formula is C21H28N2O3S. The van der Waals surface area contributed by atoms with Gasteiger partial charge in [-0.2, -0.15) is 0 Å². The Labute approximate surface area is 162 Å². The predicted octanol–water partition coefficient (Wildman–Crippen LogP) is 3.28. The quantitative estimate of drug-likeness (QED) is 0.764. The molecule has 6 heteroatoms. The molecule has 2 N–H and O–H groups in total. The molecule has 0 aliphatic heterocycles. The van der Waals surface area contributed by atoms with Gasteiger partial charge in [0.2, 0.25) is 15.9 Å². The Balaban J connectivity index is 1.82. The topological polar surface area (TPSA) is 75.3 Å². The van der Waals surface area contributed by atoms with Crippen LogP contribution < -0.4 is 10.0 Å². The Morgan fingerprint density at radius 3 is 2.11 bits per heavy atom. The number of rotatable bonds is 7. The van der Waals surface area contributed by atoms with Crippen molar-refractivity contribution in [2.75, 3.05) is 6.54 Å². The van der Waals surface area contributed by atoms with Crippen molar-refractivity contribution in [1.29, 1.82) is 0 Å². The summed E-state index contributed by atoms with van der Waals surface area (Å²) in [5.41, 5.74) is 3.20. The summed E-state index contributed by atoms with van der Waals surface area (Å²) in [5, 5.41) is 2.79. The van der Waals surface area contributed by atoms with E-state index in [4.69, 9.17) is 0 Å². The summed E-state index contributed by atoms with van der Waals surface area (Å²) >= 11 is 0. The highest BCUT2D eigenvalue weighted by Crippen LogP contribution is 2.23. The molecular weight excluding hydrogens is 360 g/mol. The van der Waals surface area contributed by atoms with E-state index in [1.54, 1.807) is 12.1 Å². The highest BCUT2D eigenvalue weighted by molar-refractivity contribution is 7.89. The van der Waals surface area contributed by atoms with Gasteiger partial charge in [-0.15, -0.1) is 0 Å². The van der Waals surface area contributed by atoms with Gasteiger partial charge in [0.25, 0.3) is 0 Å². The Morgan fingerprint density at radius 2 is 1.56 bits per heavy atom. The van der Waals surface area contributed by atoms with Gasteiger partial charge in [0.15, 0.2) is 0 Å². The number of aryl methyl sites for hydroxylation is 1. The molecule has 0 spiro atoms. The van der Waals surface area contributed by atoms with Gasteiger partial charge < -0.3 is 5.32 Å². The monoisotopic (exact) mass is 388 g/mol. The van der Waals surface area contributed by atoms with Crippen LogP contribution in [0.15, 0.2) is 53.4 Å². The molecule has 0 bridgehead atoms. The molecule has 0 saturated heterocycles. The van der Waals surface area contributed by atoms with Crippen molar-refractivity contribution in [3.63, 3.8) is 0 Å². The van der Waals surface area contributed by atoms with Crippen LogP contribution in [-0.2, 0) is 26.8 Å². The molecule has 146 valence electrons. The highest BCUT2D eigenvalue weighted by Gasteiger charge is 2.17. The summed E-state index contributed by atoms with van der Waals surface area (Å²) in [6.07, 6.45) is 0.0885. The number of carbonyl (C=O) groups is 1. The van der Waals surface area contributed by atoms with E-state index in [9.17, 15) is 13.2 Å². The molecule has 0 aliphatic rings. The average Bonchev–Trinajstić information content (AvgIpc) is 2.60. The molecule has 0 heterocycles. The summed E-state index contributed by atoms with van der Waals surface area (Å²) in [5.74, 6) is -0.193. The van der Waals surface area contributed by atoms with Crippen LogP contribution in [0.1, 0.15) is 43.9 Å². The fourth-order valence-corrected chi connectivity index (χ4v) is 3.54. The van der Waals surface area contributed by atoms with Crippen LogP contribution >= 0.6 is 0 Å². The van der Waals surface area contributed by atoms with Crippen molar-refractivity contribution in [2.24, 2.45) is 0 Å². The van der Waals surface area contributed by atoms with Gasteiger partial charge in [-0.3, -0.25) is 4.79 Å². The number of hydrogen-bond donors (Lipinski definition) is 2. The van der Waals surface area contributed by atoms with E-state index in [1.807, 2.05) is 43.3 Å². The molecule has 0 radical (unpaired) electrons. The first-order valence-electron chi connectivity index (χ1n) is 9.00. The zero-order chi connectivity index (χ0) is 20.1. The van der Waals surface area contributed by atoms with Gasteiger partial charge in [0.1, 0.15) is 0 Å². The number of nitrogens with one attached hydrogen (secondary N) is 2. The minimum atomic E-state index is -3.62. The minimum Gasteiger partial charge on any atom is -0.352 e. The van der Waals surface area contributed by atoms with Gasteiger partial charge in [0.05, 0.1) is 4.90 Å². The second-order valence-corrected chi connectivity index (χ2v) is 9.45. The molecule has 1 amide bonds. The number of carbonyl (C=O) groups excluding carboxylic acids is 1. The molecule has 27 heavy (non-hydrogen) atoms. The van der Waals surface area contributed by atoms with Crippen molar-refractivity contribution >= 4 is 15.9 Å². The van der Waals surface area contributed by atoms with Crippen LogP contribution in [0.25, 0.3) is 0 Å². The summed E-state index contributed by atoms with van der Waals surface area (Å²) in [7, 11) is -3.62. The highest BCUT2D eigenvalue weighted by atomic mass is 32.2. The summed E-state index contributed by atoms with van der Waals surface area (Å²) in [6, 6.07) is 14.7. The van der Waals surface area contributed by atoms with E-state index >= 15 is 0 Å². The van der Waals surface area contributed by atoms with Crippen LogP contribution in [0, 0.1) is 6.92 Å². The summed E-state index contributed by atoms with van der Waals surface area (Å²) in [4.78, 5) is 12.1. The fourth-order valence-electron chi connectivity index (χ4n) is 2.51. The summed E-state index contributed by atoms with van der Waals surface area (Å²) < 4.78 is 27.2. The molecule has 5 nitrogen and oxygen atoms in total. The van der Waals surface area contributed by atoms with Gasteiger partial charge >= 0.3 is 0 Å². The zero-order valence-electron chi connectivity index (χ0n) is 16.4. The van der Waals surface area contributed by atoms with E-state index in [2.05, 4.69) is 30.8 Å². The average molecular weight is 389 g/mol. The molecule has 2 aromatic rings.